The van der Waals surface area contributed by atoms with Crippen LogP contribution in [0.1, 0.15) is 5.56 Å². The quantitative estimate of drug-likeness (QED) is 0.838. The summed E-state index contributed by atoms with van der Waals surface area (Å²) < 4.78 is 5.52. The lowest BCUT2D eigenvalue weighted by molar-refractivity contribution is -0.141. The number of hydrogen-bond acceptors (Lipinski definition) is 4. The molecule has 1 fully saturated rings. The highest BCUT2D eigenvalue weighted by molar-refractivity contribution is 5.86. The van der Waals surface area contributed by atoms with Crippen LogP contribution in [0.15, 0.2) is 30.3 Å². The Morgan fingerprint density at radius 3 is 2.73 bits per heavy atom. The largest absolute Gasteiger partial charge is 0.366 e. The topological polar surface area (TPSA) is 61.9 Å². The molecule has 1 aliphatic rings. The maximum Gasteiger partial charge on any atom is 0.250 e. The van der Waals surface area contributed by atoms with Crippen LogP contribution in [-0.2, 0) is 20.9 Å². The fourth-order valence-electron chi connectivity index (χ4n) is 2.28. The van der Waals surface area contributed by atoms with Crippen LogP contribution in [0.4, 0.5) is 0 Å². The third-order valence-electron chi connectivity index (χ3n) is 3.60. The molecule has 22 heavy (non-hydrogen) atoms. The predicted molar refractivity (Wildman–Crippen MR) is 83.2 cm³/mol. The van der Waals surface area contributed by atoms with Crippen LogP contribution < -0.4 is 5.32 Å². The number of likely N-dealkylation sites (N-methyl/N-ethyl adjacent to an activating group) is 1. The second-order valence-corrected chi connectivity index (χ2v) is 5.59. The van der Waals surface area contributed by atoms with Crippen LogP contribution in [0.3, 0.4) is 0 Å². The molecule has 1 saturated heterocycles. The van der Waals surface area contributed by atoms with Crippen molar-refractivity contribution in [1.29, 1.82) is 0 Å². The highest BCUT2D eigenvalue weighted by atomic mass is 16.5. The second kappa shape index (κ2) is 7.91. The van der Waals surface area contributed by atoms with Gasteiger partial charge in [-0.25, -0.2) is 0 Å². The summed E-state index contributed by atoms with van der Waals surface area (Å²) in [5, 5.41) is 2.64. The zero-order chi connectivity index (χ0) is 15.9. The average Bonchev–Trinajstić information content (AvgIpc) is 2.53. The monoisotopic (exact) mass is 305 g/mol. The lowest BCUT2D eigenvalue weighted by Gasteiger charge is -2.32. The Hall–Kier alpha value is -1.92. The van der Waals surface area contributed by atoms with Crippen LogP contribution in [0.5, 0.6) is 0 Å². The van der Waals surface area contributed by atoms with Gasteiger partial charge in [0.1, 0.15) is 6.10 Å². The molecule has 0 aromatic heterocycles. The van der Waals surface area contributed by atoms with Crippen LogP contribution in [-0.4, -0.2) is 68.1 Å². The van der Waals surface area contributed by atoms with Gasteiger partial charge in [0.2, 0.25) is 5.91 Å². The number of morpholine rings is 1. The zero-order valence-electron chi connectivity index (χ0n) is 13.1. The number of nitrogens with zero attached hydrogens (tertiary/aromatic N) is 2. The van der Waals surface area contributed by atoms with Crippen LogP contribution in [0.25, 0.3) is 0 Å². The number of rotatable bonds is 5. The van der Waals surface area contributed by atoms with Crippen molar-refractivity contribution < 1.29 is 14.3 Å². The van der Waals surface area contributed by atoms with Gasteiger partial charge in [-0.3, -0.25) is 14.5 Å². The van der Waals surface area contributed by atoms with Crippen molar-refractivity contribution in [2.45, 2.75) is 12.6 Å². The first-order valence-electron chi connectivity index (χ1n) is 7.42. The Balaban J connectivity index is 1.82. The molecule has 1 aliphatic heterocycles. The van der Waals surface area contributed by atoms with Gasteiger partial charge in [-0.05, 0) is 5.56 Å². The highest BCUT2D eigenvalue weighted by Crippen LogP contribution is 2.10. The van der Waals surface area contributed by atoms with Gasteiger partial charge in [0.25, 0.3) is 5.91 Å². The van der Waals surface area contributed by atoms with E-state index < -0.39 is 6.10 Å². The summed E-state index contributed by atoms with van der Waals surface area (Å²) in [5.41, 5.74) is 1.21. The molecule has 2 rings (SSSR count). The number of hydrogen-bond donors (Lipinski definition) is 1. The minimum atomic E-state index is -0.521. The Labute approximate surface area is 131 Å². The summed E-state index contributed by atoms with van der Waals surface area (Å²) in [6.07, 6.45) is -0.521. The third-order valence-corrected chi connectivity index (χ3v) is 3.60. The van der Waals surface area contributed by atoms with E-state index in [4.69, 9.17) is 4.74 Å². The van der Waals surface area contributed by atoms with E-state index in [1.807, 2.05) is 18.2 Å². The Bertz CT molecular complexity index is 505. The minimum Gasteiger partial charge on any atom is -0.366 e. The third kappa shape index (κ3) is 4.82. The van der Waals surface area contributed by atoms with Gasteiger partial charge in [-0.2, -0.15) is 0 Å². The first kappa shape index (κ1) is 16.5. The van der Waals surface area contributed by atoms with Gasteiger partial charge in [0.05, 0.1) is 13.2 Å². The fraction of sp³-hybridized carbons (Fsp3) is 0.500. The van der Waals surface area contributed by atoms with Crippen molar-refractivity contribution in [1.82, 2.24) is 15.1 Å². The fourth-order valence-corrected chi connectivity index (χ4v) is 2.28. The average molecular weight is 305 g/mol. The molecule has 0 saturated carbocycles. The standard InChI is InChI=1S/C16H23N3O3/c1-18(2)15(20)10-17-16(21)14-12-19(8-9-22-14)11-13-6-4-3-5-7-13/h3-7,14H,8-12H2,1-2H3,(H,17,21). The van der Waals surface area contributed by atoms with Gasteiger partial charge in [-0.15, -0.1) is 0 Å². The molecule has 6 heteroatoms. The van der Waals surface area contributed by atoms with Crippen LogP contribution >= 0.6 is 0 Å². The molecule has 120 valence electrons. The molecule has 0 spiro atoms. The van der Waals surface area contributed by atoms with Crippen molar-refractivity contribution in [2.24, 2.45) is 0 Å². The van der Waals surface area contributed by atoms with E-state index in [0.29, 0.717) is 13.2 Å². The van der Waals surface area contributed by atoms with Crippen molar-refractivity contribution in [2.75, 3.05) is 40.3 Å². The van der Waals surface area contributed by atoms with Gasteiger partial charge < -0.3 is 15.0 Å². The Morgan fingerprint density at radius 1 is 1.32 bits per heavy atom. The van der Waals surface area contributed by atoms with Gasteiger partial charge in [0.15, 0.2) is 0 Å². The summed E-state index contributed by atoms with van der Waals surface area (Å²) in [4.78, 5) is 27.2. The van der Waals surface area contributed by atoms with E-state index in [-0.39, 0.29) is 18.4 Å². The van der Waals surface area contributed by atoms with E-state index >= 15 is 0 Å². The number of benzene rings is 1. The van der Waals surface area contributed by atoms with E-state index in [1.54, 1.807) is 14.1 Å². The first-order valence-corrected chi connectivity index (χ1v) is 7.42. The summed E-state index contributed by atoms with van der Waals surface area (Å²) in [6.45, 7) is 2.66. The van der Waals surface area contributed by atoms with E-state index in [2.05, 4.69) is 22.3 Å². The van der Waals surface area contributed by atoms with Crippen molar-refractivity contribution in [3.05, 3.63) is 35.9 Å². The Kier molecular flexibility index (Phi) is 5.91. The number of carbonyl (C=O) groups excluding carboxylic acids is 2. The number of ether oxygens (including phenoxy) is 1. The molecule has 1 aromatic rings. The lowest BCUT2D eigenvalue weighted by Crippen LogP contribution is -2.50. The van der Waals surface area contributed by atoms with E-state index in [1.165, 1.54) is 10.5 Å². The minimum absolute atomic E-state index is 0.00434. The molecule has 1 aromatic carbocycles. The maximum absolute atomic E-state index is 12.1. The summed E-state index contributed by atoms with van der Waals surface area (Å²) >= 11 is 0. The molecule has 1 N–H and O–H groups in total. The van der Waals surface area contributed by atoms with E-state index in [0.717, 1.165) is 13.1 Å². The number of carbonyl (C=O) groups is 2. The Morgan fingerprint density at radius 2 is 2.05 bits per heavy atom. The maximum atomic E-state index is 12.1. The number of amides is 2. The molecule has 0 bridgehead atoms. The smallest absolute Gasteiger partial charge is 0.250 e. The molecule has 2 amide bonds. The van der Waals surface area contributed by atoms with Crippen molar-refractivity contribution in [3.63, 3.8) is 0 Å². The van der Waals surface area contributed by atoms with Gasteiger partial charge in [0, 0.05) is 33.7 Å². The molecule has 1 unspecified atom stereocenters. The molecule has 6 nitrogen and oxygen atoms in total. The first-order chi connectivity index (χ1) is 10.6. The van der Waals surface area contributed by atoms with Crippen LogP contribution in [0, 0.1) is 0 Å². The predicted octanol–water partition coefficient (Wildman–Crippen LogP) is 0.0918. The normalized spacial score (nSPS) is 18.7. The molecule has 1 heterocycles. The second-order valence-electron chi connectivity index (χ2n) is 5.59. The van der Waals surface area contributed by atoms with Gasteiger partial charge in [-0.1, -0.05) is 30.3 Å². The molecule has 0 aliphatic carbocycles. The SMILES string of the molecule is CN(C)C(=O)CNC(=O)C1CN(Cc2ccccc2)CCO1. The molecule has 1 atom stereocenters. The summed E-state index contributed by atoms with van der Waals surface area (Å²) in [5.74, 6) is -0.363. The zero-order valence-corrected chi connectivity index (χ0v) is 13.1. The number of nitrogens with one attached hydrogen (secondary N) is 1. The summed E-state index contributed by atoms with van der Waals surface area (Å²) in [6, 6.07) is 10.1. The molecular formula is C16H23N3O3. The van der Waals surface area contributed by atoms with Gasteiger partial charge >= 0.3 is 0 Å². The van der Waals surface area contributed by atoms with Crippen molar-refractivity contribution >= 4 is 11.8 Å². The molecular weight excluding hydrogens is 282 g/mol. The van der Waals surface area contributed by atoms with Crippen molar-refractivity contribution in [3.8, 4) is 0 Å². The van der Waals surface area contributed by atoms with E-state index in [9.17, 15) is 9.59 Å². The molecule has 0 radical (unpaired) electrons. The lowest BCUT2D eigenvalue weighted by atomic mass is 10.2. The van der Waals surface area contributed by atoms with Crippen LogP contribution in [0.2, 0.25) is 0 Å². The highest BCUT2D eigenvalue weighted by Gasteiger charge is 2.26. The summed E-state index contributed by atoms with van der Waals surface area (Å²) in [7, 11) is 3.32.